The van der Waals surface area contributed by atoms with Gasteiger partial charge in [-0.15, -0.1) is 0 Å². The summed E-state index contributed by atoms with van der Waals surface area (Å²) in [6.07, 6.45) is 2.47. The third-order valence-corrected chi connectivity index (χ3v) is 2.46. The van der Waals surface area contributed by atoms with Crippen LogP contribution in [0.15, 0.2) is 0 Å². The Morgan fingerprint density at radius 2 is 1.94 bits per heavy atom. The molecule has 0 bridgehead atoms. The highest BCUT2D eigenvalue weighted by Gasteiger charge is 2.22. The van der Waals surface area contributed by atoms with Crippen LogP contribution in [0, 0.1) is 0 Å². The number of unbranched alkanes of at least 4 members (excludes halogenated alkanes) is 1. The minimum atomic E-state index is -0.503. The van der Waals surface area contributed by atoms with E-state index in [4.69, 9.17) is 4.74 Å². The van der Waals surface area contributed by atoms with Crippen LogP contribution in [0.2, 0.25) is 0 Å². The van der Waals surface area contributed by atoms with E-state index in [1.807, 2.05) is 27.7 Å². The Hall–Kier alpha value is -0.770. The lowest BCUT2D eigenvalue weighted by molar-refractivity contribution is 0.0407. The highest BCUT2D eigenvalue weighted by Crippen LogP contribution is 2.10. The van der Waals surface area contributed by atoms with Gasteiger partial charge in [-0.1, -0.05) is 26.7 Å². The van der Waals surface area contributed by atoms with Crippen molar-refractivity contribution in [2.75, 3.05) is 0 Å². The van der Waals surface area contributed by atoms with Crippen molar-refractivity contribution < 1.29 is 14.6 Å². The van der Waals surface area contributed by atoms with E-state index in [1.165, 1.54) is 0 Å². The van der Waals surface area contributed by atoms with Crippen LogP contribution in [0.4, 0.5) is 4.79 Å². The van der Waals surface area contributed by atoms with Crippen LogP contribution in [0.1, 0.15) is 60.3 Å². The zero-order chi connectivity index (χ0) is 13.5. The second kappa shape index (κ2) is 7.54. The molecule has 102 valence electrons. The number of carbonyl (C=O) groups excluding carboxylic acids is 1. The van der Waals surface area contributed by atoms with E-state index >= 15 is 0 Å². The number of rotatable bonds is 6. The maximum atomic E-state index is 11.6. The topological polar surface area (TPSA) is 58.6 Å². The highest BCUT2D eigenvalue weighted by molar-refractivity contribution is 5.68. The Balaban J connectivity index is 4.15. The Kier molecular flexibility index (Phi) is 7.19. The largest absolute Gasteiger partial charge is 0.444 e. The van der Waals surface area contributed by atoms with Gasteiger partial charge >= 0.3 is 6.09 Å². The summed E-state index contributed by atoms with van der Waals surface area (Å²) in [6.45, 7) is 9.48. The number of aliphatic hydroxyl groups excluding tert-OH is 1. The van der Waals surface area contributed by atoms with Gasteiger partial charge < -0.3 is 15.2 Å². The zero-order valence-corrected chi connectivity index (χ0v) is 11.7. The van der Waals surface area contributed by atoms with Gasteiger partial charge in [0.1, 0.15) is 5.60 Å². The van der Waals surface area contributed by atoms with E-state index < -0.39 is 17.8 Å². The van der Waals surface area contributed by atoms with E-state index in [-0.39, 0.29) is 6.04 Å². The zero-order valence-electron chi connectivity index (χ0n) is 11.7. The van der Waals surface area contributed by atoms with Gasteiger partial charge in [-0.05, 0) is 33.6 Å². The monoisotopic (exact) mass is 245 g/mol. The van der Waals surface area contributed by atoms with Crippen LogP contribution in [0.5, 0.6) is 0 Å². The summed E-state index contributed by atoms with van der Waals surface area (Å²) in [5, 5.41) is 12.6. The summed E-state index contributed by atoms with van der Waals surface area (Å²) in [5.74, 6) is 0. The van der Waals surface area contributed by atoms with Crippen molar-refractivity contribution in [2.45, 2.75) is 78.0 Å². The third-order valence-electron chi connectivity index (χ3n) is 2.46. The molecule has 17 heavy (non-hydrogen) atoms. The molecule has 0 spiro atoms. The van der Waals surface area contributed by atoms with E-state index in [9.17, 15) is 9.90 Å². The van der Waals surface area contributed by atoms with Crippen LogP contribution in [0.3, 0.4) is 0 Å². The Morgan fingerprint density at radius 1 is 1.35 bits per heavy atom. The molecule has 0 radical (unpaired) electrons. The van der Waals surface area contributed by atoms with Gasteiger partial charge in [0.2, 0.25) is 0 Å². The second-order valence-electron chi connectivity index (χ2n) is 5.37. The van der Waals surface area contributed by atoms with Gasteiger partial charge in [0.15, 0.2) is 0 Å². The second-order valence-corrected chi connectivity index (χ2v) is 5.37. The van der Waals surface area contributed by atoms with Crippen molar-refractivity contribution in [2.24, 2.45) is 0 Å². The molecular weight excluding hydrogens is 218 g/mol. The van der Waals surface area contributed by atoms with Crippen LogP contribution in [-0.4, -0.2) is 28.9 Å². The number of nitrogens with one attached hydrogen (secondary N) is 1. The molecule has 0 aromatic heterocycles. The molecule has 0 saturated carbocycles. The molecular formula is C13H27NO3. The van der Waals surface area contributed by atoms with Crippen LogP contribution in [-0.2, 0) is 4.74 Å². The van der Waals surface area contributed by atoms with Gasteiger partial charge in [0, 0.05) is 0 Å². The van der Waals surface area contributed by atoms with Gasteiger partial charge in [-0.2, -0.15) is 0 Å². The lowest BCUT2D eigenvalue weighted by Gasteiger charge is -2.25. The molecule has 0 fully saturated rings. The first-order valence-electron chi connectivity index (χ1n) is 6.47. The van der Waals surface area contributed by atoms with Crippen molar-refractivity contribution in [3.63, 3.8) is 0 Å². The Morgan fingerprint density at radius 3 is 2.35 bits per heavy atom. The first kappa shape index (κ1) is 16.2. The SMILES string of the molecule is CCCCC(O)C(CC)NC(=O)OC(C)(C)C. The highest BCUT2D eigenvalue weighted by atomic mass is 16.6. The number of alkyl carbamates (subject to hydrolysis) is 1. The lowest BCUT2D eigenvalue weighted by Crippen LogP contribution is -2.45. The average molecular weight is 245 g/mol. The standard InChI is InChI=1S/C13H27NO3/c1-6-8-9-11(15)10(7-2)14-12(16)17-13(3,4)5/h10-11,15H,6-9H2,1-5H3,(H,14,16). The number of hydrogen-bond donors (Lipinski definition) is 2. The van der Waals surface area contributed by atoms with Crippen LogP contribution < -0.4 is 5.32 Å². The summed E-state index contributed by atoms with van der Waals surface area (Å²) < 4.78 is 5.16. The molecule has 4 heteroatoms. The number of aliphatic hydroxyl groups is 1. The minimum absolute atomic E-state index is 0.226. The van der Waals surface area contributed by atoms with E-state index in [2.05, 4.69) is 12.2 Å². The molecule has 2 atom stereocenters. The molecule has 0 aromatic carbocycles. The van der Waals surface area contributed by atoms with Crippen LogP contribution >= 0.6 is 0 Å². The number of amides is 1. The smallest absolute Gasteiger partial charge is 0.407 e. The molecule has 2 N–H and O–H groups in total. The molecule has 0 heterocycles. The summed E-state index contributed by atoms with van der Waals surface area (Å²) >= 11 is 0. The van der Waals surface area contributed by atoms with Gasteiger partial charge in [-0.25, -0.2) is 4.79 Å². The van der Waals surface area contributed by atoms with E-state index in [0.717, 1.165) is 12.8 Å². The molecule has 4 nitrogen and oxygen atoms in total. The molecule has 0 rings (SSSR count). The van der Waals surface area contributed by atoms with Gasteiger partial charge in [0.25, 0.3) is 0 Å². The van der Waals surface area contributed by atoms with Crippen molar-refractivity contribution in [1.29, 1.82) is 0 Å². The molecule has 0 aromatic rings. The molecule has 2 unspecified atom stereocenters. The lowest BCUT2D eigenvalue weighted by atomic mass is 10.0. The predicted molar refractivity (Wildman–Crippen MR) is 69.0 cm³/mol. The Bertz CT molecular complexity index is 223. The van der Waals surface area contributed by atoms with Crippen molar-refractivity contribution in [3.05, 3.63) is 0 Å². The summed E-state index contributed by atoms with van der Waals surface area (Å²) in [7, 11) is 0. The van der Waals surface area contributed by atoms with Gasteiger partial charge in [-0.3, -0.25) is 0 Å². The first-order chi connectivity index (χ1) is 7.80. The molecule has 0 aliphatic carbocycles. The van der Waals surface area contributed by atoms with Crippen molar-refractivity contribution >= 4 is 6.09 Å². The minimum Gasteiger partial charge on any atom is -0.444 e. The number of hydrogen-bond acceptors (Lipinski definition) is 3. The Labute approximate surface area is 105 Å². The fourth-order valence-corrected chi connectivity index (χ4v) is 1.54. The molecule has 0 aliphatic heterocycles. The third kappa shape index (κ3) is 8.02. The molecule has 1 amide bonds. The summed E-state index contributed by atoms with van der Waals surface area (Å²) in [5.41, 5.74) is -0.503. The fourth-order valence-electron chi connectivity index (χ4n) is 1.54. The average Bonchev–Trinajstić information content (AvgIpc) is 2.19. The van der Waals surface area contributed by atoms with E-state index in [0.29, 0.717) is 12.8 Å². The normalized spacial score (nSPS) is 15.2. The van der Waals surface area contributed by atoms with Crippen molar-refractivity contribution in [1.82, 2.24) is 5.32 Å². The van der Waals surface area contributed by atoms with Gasteiger partial charge in [0.05, 0.1) is 12.1 Å². The maximum Gasteiger partial charge on any atom is 0.407 e. The van der Waals surface area contributed by atoms with Crippen LogP contribution in [0.25, 0.3) is 0 Å². The quantitative estimate of drug-likeness (QED) is 0.756. The molecule has 0 saturated heterocycles. The van der Waals surface area contributed by atoms with Crippen molar-refractivity contribution in [3.8, 4) is 0 Å². The maximum absolute atomic E-state index is 11.6. The van der Waals surface area contributed by atoms with E-state index in [1.54, 1.807) is 0 Å². The summed E-state index contributed by atoms with van der Waals surface area (Å²) in [6, 6.07) is -0.226. The predicted octanol–water partition coefficient (Wildman–Crippen LogP) is 2.84. The fraction of sp³-hybridized carbons (Fsp3) is 0.923. The number of carbonyl (C=O) groups is 1. The first-order valence-corrected chi connectivity index (χ1v) is 6.47. The molecule has 0 aliphatic rings. The number of ether oxygens (including phenoxy) is 1. The summed E-state index contributed by atoms with van der Waals surface area (Å²) in [4.78, 5) is 11.6.